The number of rotatable bonds is 6. The van der Waals surface area contributed by atoms with Crippen LogP contribution in [0.2, 0.25) is 0 Å². The van der Waals surface area contributed by atoms with E-state index in [1.165, 1.54) is 5.56 Å². The summed E-state index contributed by atoms with van der Waals surface area (Å²) in [6, 6.07) is 4.18. The maximum absolute atomic E-state index is 5.72. The van der Waals surface area contributed by atoms with Gasteiger partial charge in [-0.05, 0) is 76.7 Å². The van der Waals surface area contributed by atoms with Crippen molar-refractivity contribution in [2.45, 2.75) is 39.3 Å². The summed E-state index contributed by atoms with van der Waals surface area (Å²) in [5.41, 5.74) is 1.32. The fourth-order valence-electron chi connectivity index (χ4n) is 1.46. The van der Waals surface area contributed by atoms with E-state index in [1.807, 2.05) is 6.08 Å². The van der Waals surface area contributed by atoms with Gasteiger partial charge in [0.2, 0.25) is 0 Å². The molecule has 2 nitrogen and oxygen atoms in total. The van der Waals surface area contributed by atoms with Gasteiger partial charge in [-0.15, -0.1) is 6.58 Å². The van der Waals surface area contributed by atoms with Gasteiger partial charge in [0.25, 0.3) is 0 Å². The van der Waals surface area contributed by atoms with E-state index >= 15 is 0 Å². The minimum atomic E-state index is 0.109. The molecule has 0 aliphatic carbocycles. The molecule has 19 heavy (non-hydrogen) atoms. The second-order valence-electron chi connectivity index (χ2n) is 5.42. The van der Waals surface area contributed by atoms with E-state index in [0.29, 0.717) is 6.61 Å². The Morgan fingerprint density at radius 3 is 2.32 bits per heavy atom. The van der Waals surface area contributed by atoms with Gasteiger partial charge in [-0.25, -0.2) is 0 Å². The van der Waals surface area contributed by atoms with Crippen LogP contribution in [0.5, 0.6) is 5.75 Å². The number of ether oxygens (including phenoxy) is 1. The van der Waals surface area contributed by atoms with Gasteiger partial charge in [0, 0.05) is 12.1 Å². The van der Waals surface area contributed by atoms with Crippen LogP contribution >= 0.6 is 31.9 Å². The average Bonchev–Trinajstić information content (AvgIpc) is 2.29. The number of nitrogens with one attached hydrogen (secondary N) is 1. The van der Waals surface area contributed by atoms with Gasteiger partial charge in [0.15, 0.2) is 0 Å². The van der Waals surface area contributed by atoms with Gasteiger partial charge in [-0.3, -0.25) is 0 Å². The molecule has 1 N–H and O–H groups in total. The molecule has 0 bridgehead atoms. The van der Waals surface area contributed by atoms with Crippen LogP contribution in [-0.2, 0) is 6.54 Å². The Hall–Kier alpha value is -0.320. The monoisotopic (exact) mass is 389 g/mol. The van der Waals surface area contributed by atoms with Gasteiger partial charge in [0.05, 0.1) is 15.6 Å². The van der Waals surface area contributed by atoms with Gasteiger partial charge in [-0.2, -0.15) is 0 Å². The Morgan fingerprint density at radius 2 is 1.84 bits per heavy atom. The zero-order chi connectivity index (χ0) is 14.5. The molecule has 0 radical (unpaired) electrons. The summed E-state index contributed by atoms with van der Waals surface area (Å²) < 4.78 is 7.66. The number of hydrogen-bond acceptors (Lipinski definition) is 2. The van der Waals surface area contributed by atoms with Crippen LogP contribution in [0.4, 0.5) is 0 Å². The van der Waals surface area contributed by atoms with Crippen molar-refractivity contribution in [2.24, 2.45) is 0 Å². The van der Waals surface area contributed by atoms with Crippen LogP contribution in [0.15, 0.2) is 33.7 Å². The highest BCUT2D eigenvalue weighted by Gasteiger charge is 2.12. The zero-order valence-electron chi connectivity index (χ0n) is 11.7. The lowest BCUT2D eigenvalue weighted by molar-refractivity contribution is 0.321. The van der Waals surface area contributed by atoms with Crippen molar-refractivity contribution >= 4 is 31.9 Å². The summed E-state index contributed by atoms with van der Waals surface area (Å²) in [7, 11) is 0. The van der Waals surface area contributed by atoms with Crippen molar-refractivity contribution < 1.29 is 4.74 Å². The van der Waals surface area contributed by atoms with Crippen molar-refractivity contribution in [3.05, 3.63) is 39.3 Å². The minimum absolute atomic E-state index is 0.109. The fourth-order valence-corrected chi connectivity index (χ4v) is 2.97. The van der Waals surface area contributed by atoms with Gasteiger partial charge < -0.3 is 10.1 Å². The van der Waals surface area contributed by atoms with Crippen LogP contribution in [0.1, 0.15) is 32.8 Å². The molecule has 0 unspecified atom stereocenters. The van der Waals surface area contributed by atoms with Crippen molar-refractivity contribution in [2.75, 3.05) is 6.61 Å². The summed E-state index contributed by atoms with van der Waals surface area (Å²) in [5, 5.41) is 3.47. The first-order chi connectivity index (χ1) is 8.83. The highest BCUT2D eigenvalue weighted by atomic mass is 79.9. The molecule has 0 heterocycles. The smallest absolute Gasteiger partial charge is 0.147 e. The summed E-state index contributed by atoms with van der Waals surface area (Å²) in [5.74, 6) is 0.848. The molecule has 0 saturated carbocycles. The normalized spacial score (nSPS) is 11.4. The second-order valence-corrected chi connectivity index (χ2v) is 7.13. The third kappa shape index (κ3) is 6.11. The summed E-state index contributed by atoms with van der Waals surface area (Å²) in [4.78, 5) is 0. The maximum Gasteiger partial charge on any atom is 0.147 e. The largest absolute Gasteiger partial charge is 0.491 e. The van der Waals surface area contributed by atoms with Crippen LogP contribution in [-0.4, -0.2) is 12.1 Å². The third-order valence-corrected chi connectivity index (χ3v) is 3.63. The van der Waals surface area contributed by atoms with Crippen molar-refractivity contribution in [1.82, 2.24) is 5.32 Å². The molecule has 0 saturated heterocycles. The SMILES string of the molecule is C=CCCOc1c(Br)cc(CNC(C)(C)C)cc1Br. The summed E-state index contributed by atoms with van der Waals surface area (Å²) in [6.07, 6.45) is 2.69. The van der Waals surface area contributed by atoms with Gasteiger partial charge >= 0.3 is 0 Å². The summed E-state index contributed by atoms with van der Waals surface area (Å²) >= 11 is 7.12. The van der Waals surface area contributed by atoms with E-state index in [2.05, 4.69) is 76.7 Å². The highest BCUT2D eigenvalue weighted by molar-refractivity contribution is 9.11. The quantitative estimate of drug-likeness (QED) is 0.541. The topological polar surface area (TPSA) is 21.3 Å². The molecule has 0 amide bonds. The van der Waals surface area contributed by atoms with E-state index in [0.717, 1.165) is 27.7 Å². The van der Waals surface area contributed by atoms with E-state index in [-0.39, 0.29) is 5.54 Å². The lowest BCUT2D eigenvalue weighted by Crippen LogP contribution is -2.35. The van der Waals surface area contributed by atoms with E-state index < -0.39 is 0 Å². The van der Waals surface area contributed by atoms with Crippen molar-refractivity contribution in [3.8, 4) is 5.75 Å². The first kappa shape index (κ1) is 16.7. The van der Waals surface area contributed by atoms with E-state index in [4.69, 9.17) is 4.74 Å². The number of benzene rings is 1. The van der Waals surface area contributed by atoms with Crippen LogP contribution in [0.3, 0.4) is 0 Å². The maximum atomic E-state index is 5.72. The average molecular weight is 391 g/mol. The lowest BCUT2D eigenvalue weighted by Gasteiger charge is -2.21. The van der Waals surface area contributed by atoms with Crippen LogP contribution in [0.25, 0.3) is 0 Å². The van der Waals surface area contributed by atoms with Crippen LogP contribution < -0.4 is 10.1 Å². The fraction of sp³-hybridized carbons (Fsp3) is 0.467. The molecule has 1 aromatic carbocycles. The predicted molar refractivity (Wildman–Crippen MR) is 88.7 cm³/mol. The molecule has 0 fully saturated rings. The Balaban J connectivity index is 2.75. The Morgan fingerprint density at radius 1 is 1.26 bits per heavy atom. The summed E-state index contributed by atoms with van der Waals surface area (Å²) in [6.45, 7) is 11.6. The number of hydrogen-bond donors (Lipinski definition) is 1. The third-order valence-electron chi connectivity index (χ3n) is 2.45. The standard InChI is InChI=1S/C15H21Br2NO/c1-5-6-7-19-14-12(16)8-11(9-13(14)17)10-18-15(2,3)4/h5,8-9,18H,1,6-7,10H2,2-4H3. The molecule has 0 aliphatic rings. The Kier molecular flexibility index (Phi) is 6.57. The molecule has 0 atom stereocenters. The first-order valence-electron chi connectivity index (χ1n) is 6.30. The first-order valence-corrected chi connectivity index (χ1v) is 7.89. The molecular weight excluding hydrogens is 370 g/mol. The Labute approximate surface area is 132 Å². The van der Waals surface area contributed by atoms with Crippen molar-refractivity contribution in [1.29, 1.82) is 0 Å². The molecule has 106 valence electrons. The molecule has 0 spiro atoms. The molecule has 4 heteroatoms. The molecule has 0 aromatic heterocycles. The van der Waals surface area contributed by atoms with Crippen LogP contribution in [0, 0.1) is 0 Å². The minimum Gasteiger partial charge on any atom is -0.491 e. The van der Waals surface area contributed by atoms with Crippen molar-refractivity contribution in [3.63, 3.8) is 0 Å². The Bertz CT molecular complexity index is 415. The second kappa shape index (κ2) is 7.46. The zero-order valence-corrected chi connectivity index (χ0v) is 14.9. The highest BCUT2D eigenvalue weighted by Crippen LogP contribution is 2.35. The molecule has 1 rings (SSSR count). The lowest BCUT2D eigenvalue weighted by atomic mass is 10.1. The predicted octanol–water partition coefficient (Wildman–Crippen LogP) is 5.05. The molecular formula is C15H21Br2NO. The van der Waals surface area contributed by atoms with E-state index in [1.54, 1.807) is 0 Å². The molecule has 1 aromatic rings. The number of halogens is 2. The van der Waals surface area contributed by atoms with Gasteiger partial charge in [-0.1, -0.05) is 6.08 Å². The van der Waals surface area contributed by atoms with Gasteiger partial charge in [0.1, 0.15) is 5.75 Å². The molecule has 0 aliphatic heterocycles. The van der Waals surface area contributed by atoms with E-state index in [9.17, 15) is 0 Å².